The van der Waals surface area contributed by atoms with Crippen molar-refractivity contribution in [2.75, 3.05) is 38.1 Å². The Labute approximate surface area is 620 Å². The molecule has 108 heavy (non-hydrogen) atoms. The van der Waals surface area contributed by atoms with Crippen LogP contribution in [0.4, 0.5) is 91.7 Å². The molecule has 4 heterocycles. The van der Waals surface area contributed by atoms with Crippen molar-refractivity contribution in [3.8, 4) is 34.9 Å². The van der Waals surface area contributed by atoms with Crippen molar-refractivity contribution in [2.45, 2.75) is 79.2 Å². The first-order valence-electron chi connectivity index (χ1n) is 29.8. The number of nitrogens with one attached hydrogen (secondary N) is 2. The van der Waals surface area contributed by atoms with Gasteiger partial charge < -0.3 is 18.3 Å². The number of sulfonamides is 3. The molecule has 0 aliphatic heterocycles. The first kappa shape index (κ1) is 88.9. The molecule has 0 aliphatic rings. The van der Waals surface area contributed by atoms with Crippen LogP contribution in [0.5, 0.6) is 0 Å². The number of aryl methyl sites for hydroxylation is 2. The molecule has 47 heteroatoms. The van der Waals surface area contributed by atoms with E-state index in [9.17, 15) is 124 Å². The van der Waals surface area contributed by atoms with Gasteiger partial charge in [-0.2, -0.15) is 63.2 Å². The molecule has 0 atom stereocenters. The quantitative estimate of drug-likeness (QED) is 0.0712. The van der Waals surface area contributed by atoms with E-state index in [0.717, 1.165) is 68.9 Å². The molecule has 23 nitrogen and oxygen atoms in total. The molecule has 0 amide bonds. The highest BCUT2D eigenvalue weighted by atomic mass is 32.2. The van der Waals surface area contributed by atoms with Crippen molar-refractivity contribution >= 4 is 96.0 Å². The topological polar surface area (TPSA) is 285 Å². The predicted molar refractivity (Wildman–Crippen MR) is 369 cm³/mol. The van der Waals surface area contributed by atoms with E-state index >= 15 is 0 Å². The predicted octanol–water partition coefficient (Wildman–Crippen LogP) is 12.9. The first-order valence-corrected chi connectivity index (χ1v) is 36.4. The Kier molecular flexibility index (Phi) is 27.5. The lowest BCUT2D eigenvalue weighted by Crippen LogP contribution is -2.30. The maximum atomic E-state index is 14.6. The molecule has 0 bridgehead atoms. The van der Waals surface area contributed by atoms with Gasteiger partial charge in [-0.3, -0.25) is 51.2 Å². The average molecular weight is 1680 g/mol. The second-order valence-electron chi connectivity index (χ2n) is 22.2. The summed E-state index contributed by atoms with van der Waals surface area (Å²) in [4.78, 5) is 48.8. The van der Waals surface area contributed by atoms with Crippen molar-refractivity contribution in [1.82, 2.24) is 36.5 Å². The smallest absolute Gasteiger partial charge is 0.317 e. The highest BCUT2D eigenvalue weighted by Gasteiger charge is 2.39. The standard InChI is InChI=1S/2C16H14F4N4O3S2.C16H17F4N3O3S2.C13H9F5N2OS/c1-4-29(26,27)23(3)11-6-12(10(17)5-9(11)8-21)24-14(25)7-13(16(18,19)20)22(2)15(24)28;1-3-4-29(26,27)22-11-6-12(10(17)5-9(11)8-21)24-14(25)7-13(16(18,19)20)23(2)15(24)28;1-4-22-13(16(18,19)20)8-14(24)23(15(22)27)12-7-11(9(3)6-10(12)17)21-28(25,26)5-2;1-6-3-8(15)9(4-7(6)14)20-11(21)5-10(13(16,17)18)19(2)12(20)22/h5-7H,4H2,1-3H3;5-7,22H,3-4H2,1-2H3;6-8,21H,4-5H2,1-3H3;3-5H,1-2H3. The zero-order valence-electron chi connectivity index (χ0n) is 56.7. The molecule has 584 valence electrons. The van der Waals surface area contributed by atoms with Crippen LogP contribution in [-0.4, -0.2) is 86.1 Å². The number of halogens is 17. The lowest BCUT2D eigenvalue weighted by molar-refractivity contribution is -0.145. The van der Waals surface area contributed by atoms with Gasteiger partial charge in [0.2, 0.25) is 30.1 Å². The Morgan fingerprint density at radius 3 is 1.13 bits per heavy atom. The Hall–Kier alpha value is -9.68. The molecule has 0 aliphatic carbocycles. The minimum Gasteiger partial charge on any atom is -0.317 e. The van der Waals surface area contributed by atoms with Gasteiger partial charge in [0.25, 0.3) is 22.2 Å². The Morgan fingerprint density at radius 1 is 0.435 bits per heavy atom. The Morgan fingerprint density at radius 2 is 0.769 bits per heavy atom. The van der Waals surface area contributed by atoms with E-state index in [1.807, 2.05) is 0 Å². The number of benzene rings is 4. The summed E-state index contributed by atoms with van der Waals surface area (Å²) in [5.74, 6) is -5.86. The van der Waals surface area contributed by atoms with E-state index in [1.54, 1.807) is 19.1 Å². The fourth-order valence-corrected chi connectivity index (χ4v) is 13.5. The third kappa shape index (κ3) is 19.8. The maximum Gasteiger partial charge on any atom is 0.431 e. The number of alkyl halides is 12. The molecular formula is C61H54F17N13O10S7. The van der Waals surface area contributed by atoms with Crippen molar-refractivity contribution < 1.29 is 99.9 Å². The van der Waals surface area contributed by atoms with Crippen LogP contribution in [0, 0.1) is 84.7 Å². The molecule has 8 aromatic rings. The second kappa shape index (κ2) is 33.4. The van der Waals surface area contributed by atoms with Gasteiger partial charge in [-0.05, 0) is 144 Å². The van der Waals surface area contributed by atoms with Crippen LogP contribution in [0.15, 0.2) is 92.0 Å². The number of hydrogen-bond acceptors (Lipinski definition) is 16. The summed E-state index contributed by atoms with van der Waals surface area (Å²) >= 11 is 19.6. The zero-order chi connectivity index (χ0) is 82.7. The van der Waals surface area contributed by atoms with Gasteiger partial charge in [0.15, 0.2) is 19.1 Å². The van der Waals surface area contributed by atoms with Crippen molar-refractivity contribution in [1.29, 1.82) is 10.5 Å². The van der Waals surface area contributed by atoms with E-state index in [2.05, 4.69) is 9.44 Å². The number of aromatic nitrogens is 8. The van der Waals surface area contributed by atoms with Gasteiger partial charge in [0.1, 0.15) is 64.0 Å². The lowest BCUT2D eigenvalue weighted by atomic mass is 10.1. The van der Waals surface area contributed by atoms with E-state index in [0.29, 0.717) is 54.7 Å². The van der Waals surface area contributed by atoms with Gasteiger partial charge in [-0.25, -0.2) is 47.2 Å². The molecule has 0 spiro atoms. The van der Waals surface area contributed by atoms with E-state index in [1.165, 1.54) is 34.6 Å². The molecule has 0 saturated carbocycles. The highest BCUT2D eigenvalue weighted by Crippen LogP contribution is 2.35. The van der Waals surface area contributed by atoms with Gasteiger partial charge >= 0.3 is 24.7 Å². The van der Waals surface area contributed by atoms with E-state index < -0.39 is 171 Å². The van der Waals surface area contributed by atoms with E-state index in [-0.39, 0.29) is 87.7 Å². The summed E-state index contributed by atoms with van der Waals surface area (Å²) in [5.41, 5.74) is -13.4. The van der Waals surface area contributed by atoms with Crippen molar-refractivity contribution in [3.05, 3.63) is 207 Å². The number of anilines is 3. The van der Waals surface area contributed by atoms with Gasteiger partial charge in [-0.15, -0.1) is 0 Å². The van der Waals surface area contributed by atoms with Crippen molar-refractivity contribution in [2.24, 2.45) is 21.1 Å². The van der Waals surface area contributed by atoms with Crippen LogP contribution in [0.3, 0.4) is 0 Å². The summed E-state index contributed by atoms with van der Waals surface area (Å²) in [5, 5.41) is 18.4. The van der Waals surface area contributed by atoms with Gasteiger partial charge in [0.05, 0.1) is 68.2 Å². The average Bonchev–Trinajstić information content (AvgIpc) is 0.758. The largest absolute Gasteiger partial charge is 0.431 e. The van der Waals surface area contributed by atoms with Crippen LogP contribution >= 0.6 is 48.9 Å². The monoisotopic (exact) mass is 1680 g/mol. The van der Waals surface area contributed by atoms with Crippen molar-refractivity contribution in [3.63, 3.8) is 0 Å². The van der Waals surface area contributed by atoms with E-state index in [4.69, 9.17) is 54.1 Å². The van der Waals surface area contributed by atoms with Gasteiger partial charge in [-0.1, -0.05) is 6.92 Å². The minimum atomic E-state index is -4.87. The van der Waals surface area contributed by atoms with Crippen LogP contribution in [0.2, 0.25) is 0 Å². The van der Waals surface area contributed by atoms with Crippen LogP contribution in [0.25, 0.3) is 22.7 Å². The van der Waals surface area contributed by atoms with Crippen LogP contribution < -0.4 is 36.0 Å². The zero-order valence-corrected chi connectivity index (χ0v) is 62.5. The molecule has 0 radical (unpaired) electrons. The minimum absolute atomic E-state index is 0.00324. The molecule has 0 saturated heterocycles. The number of rotatable bonds is 15. The Bertz CT molecular complexity index is 5890. The fourth-order valence-electron chi connectivity index (χ4n) is 9.50. The molecule has 8 rings (SSSR count). The fraction of sp³-hybridized carbons (Fsp3) is 0.311. The first-order chi connectivity index (χ1) is 49.4. The number of nitrogens with zero attached hydrogens (tertiary/aromatic N) is 11. The third-order valence-corrected chi connectivity index (χ3v) is 21.3. The van der Waals surface area contributed by atoms with Crippen LogP contribution in [-0.2, 0) is 82.5 Å². The molecule has 0 fully saturated rings. The highest BCUT2D eigenvalue weighted by molar-refractivity contribution is 7.93. The molecule has 2 N–H and O–H groups in total. The second-order valence-corrected chi connectivity index (χ2v) is 29.8. The lowest BCUT2D eigenvalue weighted by Gasteiger charge is -2.21. The molecule has 4 aromatic carbocycles. The van der Waals surface area contributed by atoms with Crippen LogP contribution in [0.1, 0.15) is 79.1 Å². The summed E-state index contributed by atoms with van der Waals surface area (Å²) in [6.45, 7) is 8.29. The normalized spacial score (nSPS) is 12.0. The SMILES string of the molecule is CCCS(=O)(=O)Nc1cc(-n2c(=O)cc(C(F)(F)F)n(C)c2=S)c(F)cc1C#N.CCS(=O)(=O)N(C)c1cc(-n2c(=O)cc(C(F)(F)F)n(C)c2=S)c(F)cc1C#N.CCn1c(C(F)(F)F)cc(=O)n(-c2cc(NS(=O)(=O)CC)c(C)cc2F)c1=S.Cc1cc(F)c(-n2c(=O)cc(C(F)(F)F)n(C)c2=S)cc1F. The Balaban J connectivity index is 0.000000259. The molecular weight excluding hydrogens is 1620 g/mol. The molecule has 4 aromatic heterocycles. The summed E-state index contributed by atoms with van der Waals surface area (Å²) < 4.78 is 306. The van der Waals surface area contributed by atoms with Gasteiger partial charge in [0, 0.05) is 65.1 Å². The summed E-state index contributed by atoms with van der Waals surface area (Å²) in [6, 6.07) is 11.0. The molecule has 0 unspecified atom stereocenters. The summed E-state index contributed by atoms with van der Waals surface area (Å²) in [6.07, 6.45) is -19.1. The third-order valence-electron chi connectivity index (χ3n) is 15.0. The number of hydrogen-bond donors (Lipinski definition) is 2. The maximum absolute atomic E-state index is 14.6. The number of nitriles is 2. The summed E-state index contributed by atoms with van der Waals surface area (Å²) in [7, 11) is -7.42.